The molecule has 1 atom stereocenters. The van der Waals surface area contributed by atoms with Gasteiger partial charge in [-0.2, -0.15) is 0 Å². The largest absolute Gasteiger partial charge is 0.493 e. The summed E-state index contributed by atoms with van der Waals surface area (Å²) < 4.78 is 10.6. The Morgan fingerprint density at radius 1 is 1.38 bits per heavy atom. The molecule has 0 aliphatic carbocycles. The normalized spacial score (nSPS) is 12.2. The first kappa shape index (κ1) is 17.5. The maximum atomic E-state index is 12.0. The second-order valence-corrected chi connectivity index (χ2v) is 5.46. The van der Waals surface area contributed by atoms with Crippen LogP contribution in [0.15, 0.2) is 24.3 Å². The van der Waals surface area contributed by atoms with E-state index in [9.17, 15) is 4.79 Å². The Labute approximate surface area is 126 Å². The van der Waals surface area contributed by atoms with Crippen molar-refractivity contribution in [2.45, 2.75) is 32.7 Å². The molecule has 1 aromatic rings. The molecule has 0 radical (unpaired) electrons. The predicted molar refractivity (Wildman–Crippen MR) is 84.5 cm³/mol. The minimum atomic E-state index is -0.527. The molecule has 3 N–H and O–H groups in total. The van der Waals surface area contributed by atoms with Crippen LogP contribution in [0.2, 0.25) is 0 Å². The Balaban J connectivity index is 2.49. The highest BCUT2D eigenvalue weighted by Crippen LogP contribution is 2.18. The third kappa shape index (κ3) is 7.11. The third-order valence-electron chi connectivity index (χ3n) is 2.89. The number of hydrogen-bond acceptors (Lipinski definition) is 4. The SMILES string of the molecule is COCCCC(N)C(=O)Nc1cccc(OCC(C)C)c1. The van der Waals surface area contributed by atoms with Gasteiger partial charge in [0.25, 0.3) is 0 Å². The molecule has 1 rings (SSSR count). The zero-order valence-electron chi connectivity index (χ0n) is 13.1. The minimum Gasteiger partial charge on any atom is -0.493 e. The maximum Gasteiger partial charge on any atom is 0.241 e. The van der Waals surface area contributed by atoms with Crippen LogP contribution in [-0.4, -0.2) is 32.3 Å². The van der Waals surface area contributed by atoms with Crippen molar-refractivity contribution in [2.75, 3.05) is 25.6 Å². The molecule has 1 amide bonds. The topological polar surface area (TPSA) is 73.6 Å². The van der Waals surface area contributed by atoms with E-state index >= 15 is 0 Å². The van der Waals surface area contributed by atoms with Crippen LogP contribution in [0.3, 0.4) is 0 Å². The molecular formula is C16H26N2O3. The third-order valence-corrected chi connectivity index (χ3v) is 2.89. The van der Waals surface area contributed by atoms with Crippen LogP contribution in [0, 0.1) is 5.92 Å². The van der Waals surface area contributed by atoms with Gasteiger partial charge in [-0.25, -0.2) is 0 Å². The second-order valence-electron chi connectivity index (χ2n) is 5.46. The Morgan fingerprint density at radius 2 is 2.14 bits per heavy atom. The van der Waals surface area contributed by atoms with Crippen LogP contribution >= 0.6 is 0 Å². The maximum absolute atomic E-state index is 12.0. The molecule has 0 aliphatic heterocycles. The summed E-state index contributed by atoms with van der Waals surface area (Å²) in [5.41, 5.74) is 6.54. The summed E-state index contributed by atoms with van der Waals surface area (Å²) in [5, 5.41) is 2.81. The van der Waals surface area contributed by atoms with Crippen molar-refractivity contribution < 1.29 is 14.3 Å². The van der Waals surface area contributed by atoms with Crippen molar-refractivity contribution >= 4 is 11.6 Å². The Hall–Kier alpha value is -1.59. The molecule has 5 heteroatoms. The lowest BCUT2D eigenvalue weighted by Crippen LogP contribution is -2.35. The summed E-state index contributed by atoms with van der Waals surface area (Å²) in [6, 6.07) is 6.82. The fraction of sp³-hybridized carbons (Fsp3) is 0.562. The molecule has 0 fully saturated rings. The van der Waals surface area contributed by atoms with Crippen LogP contribution < -0.4 is 15.8 Å². The summed E-state index contributed by atoms with van der Waals surface area (Å²) >= 11 is 0. The number of anilines is 1. The molecule has 1 unspecified atom stereocenters. The zero-order chi connectivity index (χ0) is 15.7. The van der Waals surface area contributed by atoms with E-state index in [1.54, 1.807) is 7.11 Å². The van der Waals surface area contributed by atoms with Gasteiger partial charge in [-0.15, -0.1) is 0 Å². The molecule has 0 heterocycles. The highest BCUT2D eigenvalue weighted by Gasteiger charge is 2.13. The Bertz CT molecular complexity index is 435. The molecule has 0 saturated carbocycles. The van der Waals surface area contributed by atoms with E-state index in [0.29, 0.717) is 31.2 Å². The predicted octanol–water partition coefficient (Wildman–Crippen LogP) is 2.41. The fourth-order valence-corrected chi connectivity index (χ4v) is 1.74. The van der Waals surface area contributed by atoms with Crippen molar-refractivity contribution in [3.8, 4) is 5.75 Å². The molecule has 0 aliphatic rings. The summed E-state index contributed by atoms with van der Waals surface area (Å²) in [6.07, 6.45) is 1.37. The van der Waals surface area contributed by atoms with Gasteiger partial charge >= 0.3 is 0 Å². The van der Waals surface area contributed by atoms with E-state index in [1.165, 1.54) is 0 Å². The lowest BCUT2D eigenvalue weighted by molar-refractivity contribution is -0.117. The van der Waals surface area contributed by atoms with Gasteiger partial charge < -0.3 is 20.5 Å². The number of methoxy groups -OCH3 is 1. The second kappa shape index (κ2) is 9.37. The molecule has 0 aromatic heterocycles. The first-order valence-corrected chi connectivity index (χ1v) is 7.31. The zero-order valence-corrected chi connectivity index (χ0v) is 13.1. The monoisotopic (exact) mass is 294 g/mol. The molecule has 1 aromatic carbocycles. The first-order chi connectivity index (χ1) is 10.0. The van der Waals surface area contributed by atoms with Crippen LogP contribution in [0.1, 0.15) is 26.7 Å². The molecule has 21 heavy (non-hydrogen) atoms. The highest BCUT2D eigenvalue weighted by atomic mass is 16.5. The van der Waals surface area contributed by atoms with Gasteiger partial charge in [0.2, 0.25) is 5.91 Å². The van der Waals surface area contributed by atoms with Crippen molar-refractivity contribution in [1.82, 2.24) is 0 Å². The van der Waals surface area contributed by atoms with Crippen LogP contribution in [0.25, 0.3) is 0 Å². The van der Waals surface area contributed by atoms with E-state index < -0.39 is 6.04 Å². The summed E-state index contributed by atoms with van der Waals surface area (Å²) in [7, 11) is 1.63. The number of nitrogens with one attached hydrogen (secondary N) is 1. The standard InChI is InChI=1S/C16H26N2O3/c1-12(2)11-21-14-7-4-6-13(10-14)18-16(19)15(17)8-5-9-20-3/h4,6-7,10,12,15H,5,8-9,11,17H2,1-3H3,(H,18,19). The minimum absolute atomic E-state index is 0.188. The smallest absolute Gasteiger partial charge is 0.241 e. The van der Waals surface area contributed by atoms with Gasteiger partial charge in [0.15, 0.2) is 0 Å². The highest BCUT2D eigenvalue weighted by molar-refractivity contribution is 5.94. The number of hydrogen-bond donors (Lipinski definition) is 2. The van der Waals surface area contributed by atoms with Gasteiger partial charge in [-0.1, -0.05) is 19.9 Å². The lowest BCUT2D eigenvalue weighted by atomic mass is 10.1. The Kier molecular flexibility index (Phi) is 7.79. The van der Waals surface area contributed by atoms with Crippen LogP contribution in [0.5, 0.6) is 5.75 Å². The van der Waals surface area contributed by atoms with Crippen molar-refractivity contribution in [2.24, 2.45) is 11.7 Å². The number of ether oxygens (including phenoxy) is 2. The number of rotatable bonds is 9. The summed E-state index contributed by atoms with van der Waals surface area (Å²) in [6.45, 7) is 5.43. The van der Waals surface area contributed by atoms with E-state index in [1.807, 2.05) is 24.3 Å². The number of nitrogens with two attached hydrogens (primary N) is 1. The van der Waals surface area contributed by atoms with E-state index in [-0.39, 0.29) is 5.91 Å². The van der Waals surface area contributed by atoms with E-state index in [4.69, 9.17) is 15.2 Å². The van der Waals surface area contributed by atoms with Crippen molar-refractivity contribution in [3.05, 3.63) is 24.3 Å². The van der Waals surface area contributed by atoms with Crippen molar-refractivity contribution in [3.63, 3.8) is 0 Å². The number of carbonyl (C=O) groups is 1. The molecule has 0 bridgehead atoms. The number of amides is 1. The average Bonchev–Trinajstić information content (AvgIpc) is 2.45. The van der Waals surface area contributed by atoms with Gasteiger partial charge in [0.1, 0.15) is 5.75 Å². The van der Waals surface area contributed by atoms with Crippen LogP contribution in [-0.2, 0) is 9.53 Å². The van der Waals surface area contributed by atoms with E-state index in [0.717, 1.165) is 12.2 Å². The number of benzene rings is 1. The molecule has 5 nitrogen and oxygen atoms in total. The van der Waals surface area contributed by atoms with Gasteiger partial charge in [-0.05, 0) is 30.9 Å². The quantitative estimate of drug-likeness (QED) is 0.686. The molecular weight excluding hydrogens is 268 g/mol. The fourth-order valence-electron chi connectivity index (χ4n) is 1.74. The average molecular weight is 294 g/mol. The van der Waals surface area contributed by atoms with Gasteiger partial charge in [0, 0.05) is 25.5 Å². The summed E-state index contributed by atoms with van der Waals surface area (Å²) in [4.78, 5) is 12.0. The van der Waals surface area contributed by atoms with Crippen molar-refractivity contribution in [1.29, 1.82) is 0 Å². The lowest BCUT2D eigenvalue weighted by Gasteiger charge is -2.13. The first-order valence-electron chi connectivity index (χ1n) is 7.31. The number of carbonyl (C=O) groups excluding carboxylic acids is 1. The molecule has 118 valence electrons. The van der Waals surface area contributed by atoms with E-state index in [2.05, 4.69) is 19.2 Å². The van der Waals surface area contributed by atoms with Crippen LogP contribution in [0.4, 0.5) is 5.69 Å². The van der Waals surface area contributed by atoms with Gasteiger partial charge in [-0.3, -0.25) is 4.79 Å². The van der Waals surface area contributed by atoms with Gasteiger partial charge in [0.05, 0.1) is 12.6 Å². The molecule has 0 spiro atoms. The Morgan fingerprint density at radius 3 is 2.81 bits per heavy atom. The molecule has 0 saturated heterocycles. The summed E-state index contributed by atoms with van der Waals surface area (Å²) in [5.74, 6) is 1.01.